The summed E-state index contributed by atoms with van der Waals surface area (Å²) in [5.41, 5.74) is 4.07. The molecule has 1 aromatic carbocycles. The van der Waals surface area contributed by atoms with Gasteiger partial charge in [0.15, 0.2) is 5.96 Å². The fraction of sp³-hybridized carbons (Fsp3) is 0.471. The summed E-state index contributed by atoms with van der Waals surface area (Å²) < 4.78 is 5.31. The highest BCUT2D eigenvalue weighted by Crippen LogP contribution is 2.10. The van der Waals surface area contributed by atoms with E-state index in [1.165, 1.54) is 16.7 Å². The molecule has 0 aromatic heterocycles. The third-order valence-corrected chi connectivity index (χ3v) is 3.73. The molecule has 2 rings (SSSR count). The summed E-state index contributed by atoms with van der Waals surface area (Å²) >= 11 is 0. The molecule has 0 atom stereocenters. The molecule has 0 fully saturated rings. The molecule has 114 valence electrons. The van der Waals surface area contributed by atoms with Gasteiger partial charge in [0.25, 0.3) is 0 Å². The van der Waals surface area contributed by atoms with E-state index in [2.05, 4.69) is 52.9 Å². The van der Waals surface area contributed by atoms with Crippen LogP contribution in [0.25, 0.3) is 0 Å². The van der Waals surface area contributed by atoms with E-state index in [1.54, 1.807) is 7.05 Å². The van der Waals surface area contributed by atoms with Gasteiger partial charge in [-0.2, -0.15) is 0 Å². The Labute approximate surface area is 127 Å². The van der Waals surface area contributed by atoms with E-state index in [4.69, 9.17) is 4.74 Å². The van der Waals surface area contributed by atoms with Gasteiger partial charge in [-0.25, -0.2) is 0 Å². The van der Waals surface area contributed by atoms with Crippen molar-refractivity contribution in [1.82, 2.24) is 10.6 Å². The monoisotopic (exact) mass is 287 g/mol. The molecule has 0 aliphatic carbocycles. The maximum absolute atomic E-state index is 5.31. The van der Waals surface area contributed by atoms with Crippen molar-refractivity contribution in [1.29, 1.82) is 0 Å². The molecule has 0 saturated carbocycles. The van der Waals surface area contributed by atoms with Crippen molar-refractivity contribution < 1.29 is 4.74 Å². The predicted octanol–water partition coefficient (Wildman–Crippen LogP) is 2.40. The van der Waals surface area contributed by atoms with Crippen molar-refractivity contribution in [2.45, 2.75) is 26.3 Å². The average Bonchev–Trinajstić information content (AvgIpc) is 2.53. The van der Waals surface area contributed by atoms with Crippen LogP contribution in [0.1, 0.15) is 24.0 Å². The van der Waals surface area contributed by atoms with Crippen molar-refractivity contribution in [3.63, 3.8) is 0 Å². The number of ether oxygens (including phenoxy) is 1. The van der Waals surface area contributed by atoms with Crippen LogP contribution in [0.5, 0.6) is 0 Å². The SMILES string of the molecule is CN=C(NCCC1=CCOCC1)NCc1ccccc1C. The van der Waals surface area contributed by atoms with Crippen LogP contribution < -0.4 is 10.6 Å². The summed E-state index contributed by atoms with van der Waals surface area (Å²) in [5.74, 6) is 0.853. The third-order valence-electron chi connectivity index (χ3n) is 3.73. The van der Waals surface area contributed by atoms with Crippen molar-refractivity contribution in [2.75, 3.05) is 26.8 Å². The summed E-state index contributed by atoms with van der Waals surface area (Å²) in [6, 6.07) is 8.40. The Balaban J connectivity index is 1.73. The molecule has 2 N–H and O–H groups in total. The number of benzene rings is 1. The van der Waals surface area contributed by atoms with Gasteiger partial charge < -0.3 is 15.4 Å². The molecule has 1 aliphatic rings. The summed E-state index contributed by atoms with van der Waals surface area (Å²) in [5, 5.41) is 6.72. The minimum Gasteiger partial charge on any atom is -0.377 e. The fourth-order valence-electron chi connectivity index (χ4n) is 2.34. The van der Waals surface area contributed by atoms with Crippen LogP contribution in [0.4, 0.5) is 0 Å². The zero-order valence-corrected chi connectivity index (χ0v) is 13.0. The number of guanidine groups is 1. The van der Waals surface area contributed by atoms with E-state index in [0.29, 0.717) is 0 Å². The number of aryl methyl sites for hydroxylation is 1. The predicted molar refractivity (Wildman–Crippen MR) is 87.5 cm³/mol. The number of hydrogen-bond donors (Lipinski definition) is 2. The quantitative estimate of drug-likeness (QED) is 0.496. The highest BCUT2D eigenvalue weighted by molar-refractivity contribution is 5.79. The maximum Gasteiger partial charge on any atom is 0.191 e. The average molecular weight is 287 g/mol. The van der Waals surface area contributed by atoms with Crippen LogP contribution in [0.2, 0.25) is 0 Å². The lowest BCUT2D eigenvalue weighted by molar-refractivity contribution is 0.153. The lowest BCUT2D eigenvalue weighted by Gasteiger charge is -2.16. The number of rotatable bonds is 5. The molecule has 0 unspecified atom stereocenters. The van der Waals surface area contributed by atoms with Crippen molar-refractivity contribution >= 4 is 5.96 Å². The molecule has 0 bridgehead atoms. The van der Waals surface area contributed by atoms with Gasteiger partial charge in [0.05, 0.1) is 13.2 Å². The fourth-order valence-corrected chi connectivity index (χ4v) is 2.34. The van der Waals surface area contributed by atoms with Gasteiger partial charge in [0.2, 0.25) is 0 Å². The Kier molecular flexibility index (Phi) is 6.28. The first-order chi connectivity index (χ1) is 10.3. The third kappa shape index (κ3) is 5.23. The number of aliphatic imine (C=N–C) groups is 1. The largest absolute Gasteiger partial charge is 0.377 e. The lowest BCUT2D eigenvalue weighted by Crippen LogP contribution is -2.37. The van der Waals surface area contributed by atoms with Crippen LogP contribution in [-0.2, 0) is 11.3 Å². The van der Waals surface area contributed by atoms with E-state index in [-0.39, 0.29) is 0 Å². The molecule has 21 heavy (non-hydrogen) atoms. The minimum atomic E-state index is 0.760. The summed E-state index contributed by atoms with van der Waals surface area (Å²) in [6.45, 7) is 5.44. The number of hydrogen-bond acceptors (Lipinski definition) is 2. The lowest BCUT2D eigenvalue weighted by atomic mass is 10.1. The van der Waals surface area contributed by atoms with Crippen LogP contribution in [0.15, 0.2) is 40.9 Å². The number of nitrogens with one attached hydrogen (secondary N) is 2. The summed E-state index contributed by atoms with van der Waals surface area (Å²) in [6.07, 6.45) is 4.29. The maximum atomic E-state index is 5.31. The Morgan fingerprint density at radius 1 is 1.29 bits per heavy atom. The standard InChI is InChI=1S/C17H25N3O/c1-14-5-3-4-6-16(14)13-20-17(18-2)19-10-7-15-8-11-21-12-9-15/h3-6,8H,7,9-13H2,1-2H3,(H2,18,19,20). The highest BCUT2D eigenvalue weighted by Gasteiger charge is 2.04. The molecular formula is C17H25N3O. The molecule has 1 heterocycles. The second-order valence-electron chi connectivity index (χ2n) is 5.22. The minimum absolute atomic E-state index is 0.760. The van der Waals surface area contributed by atoms with Crippen LogP contribution in [-0.4, -0.2) is 32.8 Å². The highest BCUT2D eigenvalue weighted by atomic mass is 16.5. The van der Waals surface area contributed by atoms with E-state index in [9.17, 15) is 0 Å². The molecule has 1 aromatic rings. The van der Waals surface area contributed by atoms with Gasteiger partial charge in [-0.15, -0.1) is 0 Å². The van der Waals surface area contributed by atoms with E-state index >= 15 is 0 Å². The van der Waals surface area contributed by atoms with Gasteiger partial charge in [-0.05, 0) is 30.9 Å². The zero-order valence-electron chi connectivity index (χ0n) is 13.0. The first kappa shape index (κ1) is 15.6. The smallest absolute Gasteiger partial charge is 0.191 e. The van der Waals surface area contributed by atoms with Crippen molar-refractivity contribution in [3.05, 3.63) is 47.0 Å². The van der Waals surface area contributed by atoms with Gasteiger partial charge in [-0.3, -0.25) is 4.99 Å². The van der Waals surface area contributed by atoms with E-state index < -0.39 is 0 Å². The Morgan fingerprint density at radius 3 is 2.86 bits per heavy atom. The molecule has 0 radical (unpaired) electrons. The van der Waals surface area contributed by atoms with Crippen LogP contribution in [0, 0.1) is 6.92 Å². The topological polar surface area (TPSA) is 45.7 Å². The van der Waals surface area contributed by atoms with Crippen LogP contribution >= 0.6 is 0 Å². The summed E-state index contributed by atoms with van der Waals surface area (Å²) in [7, 11) is 1.81. The second-order valence-corrected chi connectivity index (χ2v) is 5.22. The number of nitrogens with zero attached hydrogens (tertiary/aromatic N) is 1. The van der Waals surface area contributed by atoms with E-state index in [0.717, 1.165) is 45.1 Å². The molecule has 1 aliphatic heterocycles. The molecule has 0 spiro atoms. The molecular weight excluding hydrogens is 262 g/mol. The Hall–Kier alpha value is -1.81. The molecule has 0 amide bonds. The molecule has 0 saturated heterocycles. The van der Waals surface area contributed by atoms with Crippen LogP contribution in [0.3, 0.4) is 0 Å². The first-order valence-electron chi connectivity index (χ1n) is 7.54. The second kappa shape index (κ2) is 8.47. The van der Waals surface area contributed by atoms with Gasteiger partial charge in [0.1, 0.15) is 0 Å². The van der Waals surface area contributed by atoms with Gasteiger partial charge >= 0.3 is 0 Å². The molecule has 4 heteroatoms. The van der Waals surface area contributed by atoms with Crippen molar-refractivity contribution in [3.8, 4) is 0 Å². The van der Waals surface area contributed by atoms with Gasteiger partial charge in [-0.1, -0.05) is 35.9 Å². The van der Waals surface area contributed by atoms with Gasteiger partial charge in [0, 0.05) is 20.1 Å². The van der Waals surface area contributed by atoms with E-state index in [1.807, 2.05) is 0 Å². The normalized spacial score (nSPS) is 15.5. The molecule has 4 nitrogen and oxygen atoms in total. The first-order valence-corrected chi connectivity index (χ1v) is 7.54. The Morgan fingerprint density at radius 2 is 2.14 bits per heavy atom. The van der Waals surface area contributed by atoms with Crippen molar-refractivity contribution in [2.24, 2.45) is 4.99 Å². The summed E-state index contributed by atoms with van der Waals surface area (Å²) in [4.78, 5) is 4.27. The Bertz CT molecular complexity index is 509. The zero-order chi connectivity index (χ0) is 14.9.